The van der Waals surface area contributed by atoms with Crippen LogP contribution in [-0.4, -0.2) is 24.3 Å². The van der Waals surface area contributed by atoms with E-state index in [9.17, 15) is 9.90 Å². The molecule has 0 saturated carbocycles. The predicted octanol–water partition coefficient (Wildman–Crippen LogP) is 2.85. The van der Waals surface area contributed by atoms with Crippen molar-refractivity contribution in [2.45, 2.75) is 39.7 Å². The van der Waals surface area contributed by atoms with Gasteiger partial charge in [0.05, 0.1) is 12.6 Å². The van der Waals surface area contributed by atoms with E-state index in [0.29, 0.717) is 6.54 Å². The minimum absolute atomic E-state index is 0.112. The van der Waals surface area contributed by atoms with Crippen LogP contribution in [0, 0.1) is 5.41 Å². The number of aliphatic hydroxyl groups is 1. The standard InChI is InChI=1S/C16H26N2O2/c1-16(2,3)10-7-11-17-15(20)18-14(12-19)13-8-5-4-6-9-13/h4-6,8-9,14,19H,7,10-12H2,1-3H3,(H2,17,18,20). The summed E-state index contributed by atoms with van der Waals surface area (Å²) in [5.74, 6) is 0. The maximum atomic E-state index is 11.8. The molecule has 0 aliphatic carbocycles. The number of carbonyl (C=O) groups excluding carboxylic acids is 1. The van der Waals surface area contributed by atoms with Gasteiger partial charge in [0.25, 0.3) is 0 Å². The molecular formula is C16H26N2O2. The van der Waals surface area contributed by atoms with Crippen molar-refractivity contribution in [3.63, 3.8) is 0 Å². The number of rotatable bonds is 6. The van der Waals surface area contributed by atoms with Gasteiger partial charge < -0.3 is 15.7 Å². The van der Waals surface area contributed by atoms with Crippen molar-refractivity contribution in [1.82, 2.24) is 10.6 Å². The Labute approximate surface area is 121 Å². The molecule has 0 aliphatic rings. The molecule has 4 nitrogen and oxygen atoms in total. The summed E-state index contributed by atoms with van der Waals surface area (Å²) in [6, 6.07) is 8.87. The molecule has 0 heterocycles. The first-order chi connectivity index (χ1) is 9.42. The first-order valence-corrected chi connectivity index (χ1v) is 7.12. The van der Waals surface area contributed by atoms with Crippen molar-refractivity contribution >= 4 is 6.03 Å². The lowest BCUT2D eigenvalue weighted by Crippen LogP contribution is -2.39. The predicted molar refractivity (Wildman–Crippen MR) is 81.5 cm³/mol. The third kappa shape index (κ3) is 6.57. The highest BCUT2D eigenvalue weighted by Crippen LogP contribution is 2.19. The molecule has 0 saturated heterocycles. The Bertz CT molecular complexity index is 399. The zero-order valence-corrected chi connectivity index (χ0v) is 12.6. The maximum Gasteiger partial charge on any atom is 0.315 e. The van der Waals surface area contributed by atoms with Gasteiger partial charge >= 0.3 is 6.03 Å². The highest BCUT2D eigenvalue weighted by molar-refractivity contribution is 5.74. The molecule has 0 bridgehead atoms. The summed E-state index contributed by atoms with van der Waals surface area (Å²) in [5.41, 5.74) is 1.19. The summed E-state index contributed by atoms with van der Waals surface area (Å²) in [4.78, 5) is 11.8. The molecule has 1 unspecified atom stereocenters. The summed E-state index contributed by atoms with van der Waals surface area (Å²) in [7, 11) is 0. The molecule has 4 heteroatoms. The lowest BCUT2D eigenvalue weighted by atomic mass is 9.91. The zero-order chi connectivity index (χ0) is 15.0. The average molecular weight is 278 g/mol. The summed E-state index contributed by atoms with van der Waals surface area (Å²) in [6.45, 7) is 7.09. The largest absolute Gasteiger partial charge is 0.394 e. The van der Waals surface area contributed by atoms with Crippen LogP contribution in [0.3, 0.4) is 0 Å². The summed E-state index contributed by atoms with van der Waals surface area (Å²) in [6.07, 6.45) is 2.02. The molecule has 0 aliphatic heterocycles. The van der Waals surface area contributed by atoms with Crippen LogP contribution in [0.15, 0.2) is 30.3 Å². The number of carbonyl (C=O) groups is 1. The van der Waals surface area contributed by atoms with Gasteiger partial charge in [-0.1, -0.05) is 51.1 Å². The van der Waals surface area contributed by atoms with E-state index < -0.39 is 0 Å². The van der Waals surface area contributed by atoms with Crippen molar-refractivity contribution in [2.75, 3.05) is 13.2 Å². The SMILES string of the molecule is CC(C)(C)CCCNC(=O)NC(CO)c1ccccc1. The molecule has 1 rings (SSSR count). The number of hydrogen-bond donors (Lipinski definition) is 3. The van der Waals surface area contributed by atoms with E-state index in [2.05, 4.69) is 31.4 Å². The molecule has 0 radical (unpaired) electrons. The second-order valence-electron chi connectivity index (χ2n) is 6.21. The quantitative estimate of drug-likeness (QED) is 0.701. The van der Waals surface area contributed by atoms with E-state index in [-0.39, 0.29) is 24.1 Å². The Morgan fingerprint density at radius 2 is 1.90 bits per heavy atom. The van der Waals surface area contributed by atoms with Crippen LogP contribution in [0.1, 0.15) is 45.2 Å². The van der Waals surface area contributed by atoms with E-state index >= 15 is 0 Å². The van der Waals surface area contributed by atoms with Crippen LogP contribution < -0.4 is 10.6 Å². The summed E-state index contributed by atoms with van der Waals surface area (Å²) in [5, 5.41) is 15.0. The third-order valence-electron chi connectivity index (χ3n) is 3.08. The van der Waals surface area contributed by atoms with Gasteiger partial charge in [-0.25, -0.2) is 4.79 Å². The van der Waals surface area contributed by atoms with Gasteiger partial charge in [0.15, 0.2) is 0 Å². The van der Waals surface area contributed by atoms with E-state index in [1.807, 2.05) is 30.3 Å². The molecule has 3 N–H and O–H groups in total. The van der Waals surface area contributed by atoms with Crippen molar-refractivity contribution in [2.24, 2.45) is 5.41 Å². The van der Waals surface area contributed by atoms with Crippen molar-refractivity contribution in [3.05, 3.63) is 35.9 Å². The first kappa shape index (κ1) is 16.5. The van der Waals surface area contributed by atoms with Gasteiger partial charge in [0.2, 0.25) is 0 Å². The smallest absolute Gasteiger partial charge is 0.315 e. The molecule has 0 spiro atoms. The fourth-order valence-electron chi connectivity index (χ4n) is 1.95. The van der Waals surface area contributed by atoms with Crippen LogP contribution in [0.2, 0.25) is 0 Å². The molecule has 112 valence electrons. The van der Waals surface area contributed by atoms with Crippen molar-refractivity contribution in [3.8, 4) is 0 Å². The number of amides is 2. The molecular weight excluding hydrogens is 252 g/mol. The Balaban J connectivity index is 2.34. The third-order valence-corrected chi connectivity index (χ3v) is 3.08. The first-order valence-electron chi connectivity index (χ1n) is 7.12. The van der Waals surface area contributed by atoms with E-state index in [0.717, 1.165) is 18.4 Å². The Kier molecular flexibility index (Phi) is 6.52. The fraction of sp³-hybridized carbons (Fsp3) is 0.562. The fourth-order valence-corrected chi connectivity index (χ4v) is 1.95. The minimum atomic E-state index is -0.362. The van der Waals surface area contributed by atoms with E-state index in [4.69, 9.17) is 0 Å². The number of benzene rings is 1. The lowest BCUT2D eigenvalue weighted by molar-refractivity contribution is 0.216. The number of urea groups is 1. The van der Waals surface area contributed by atoms with Crippen molar-refractivity contribution < 1.29 is 9.90 Å². The highest BCUT2D eigenvalue weighted by atomic mass is 16.3. The number of aliphatic hydroxyl groups excluding tert-OH is 1. The lowest BCUT2D eigenvalue weighted by Gasteiger charge is -2.19. The van der Waals surface area contributed by atoms with Crippen LogP contribution in [0.5, 0.6) is 0 Å². The van der Waals surface area contributed by atoms with Crippen LogP contribution >= 0.6 is 0 Å². The number of hydrogen-bond acceptors (Lipinski definition) is 2. The monoisotopic (exact) mass is 278 g/mol. The topological polar surface area (TPSA) is 61.4 Å². The Morgan fingerprint density at radius 3 is 2.45 bits per heavy atom. The molecule has 1 aromatic rings. The second-order valence-corrected chi connectivity index (χ2v) is 6.21. The van der Waals surface area contributed by atoms with Crippen LogP contribution in [0.4, 0.5) is 4.79 Å². The van der Waals surface area contributed by atoms with Gasteiger partial charge in [-0.05, 0) is 23.8 Å². The van der Waals surface area contributed by atoms with Gasteiger partial charge in [-0.3, -0.25) is 0 Å². The van der Waals surface area contributed by atoms with Crippen LogP contribution in [0.25, 0.3) is 0 Å². The van der Waals surface area contributed by atoms with Crippen molar-refractivity contribution in [1.29, 1.82) is 0 Å². The Morgan fingerprint density at radius 1 is 1.25 bits per heavy atom. The summed E-state index contributed by atoms with van der Waals surface area (Å²) >= 11 is 0. The van der Waals surface area contributed by atoms with Gasteiger partial charge in [0, 0.05) is 6.54 Å². The highest BCUT2D eigenvalue weighted by Gasteiger charge is 2.13. The van der Waals surface area contributed by atoms with Gasteiger partial charge in [-0.2, -0.15) is 0 Å². The minimum Gasteiger partial charge on any atom is -0.394 e. The molecule has 0 aromatic heterocycles. The zero-order valence-electron chi connectivity index (χ0n) is 12.6. The van der Waals surface area contributed by atoms with E-state index in [1.165, 1.54) is 0 Å². The molecule has 0 fully saturated rings. The van der Waals surface area contributed by atoms with Crippen LogP contribution in [-0.2, 0) is 0 Å². The molecule has 20 heavy (non-hydrogen) atoms. The molecule has 1 aromatic carbocycles. The second kappa shape index (κ2) is 7.90. The molecule has 2 amide bonds. The average Bonchev–Trinajstić information content (AvgIpc) is 2.41. The maximum absolute atomic E-state index is 11.8. The normalized spacial score (nSPS) is 12.8. The number of nitrogens with one attached hydrogen (secondary N) is 2. The Hall–Kier alpha value is -1.55. The van der Waals surface area contributed by atoms with E-state index in [1.54, 1.807) is 0 Å². The van der Waals surface area contributed by atoms with Gasteiger partial charge in [-0.15, -0.1) is 0 Å². The van der Waals surface area contributed by atoms with Gasteiger partial charge in [0.1, 0.15) is 0 Å². The summed E-state index contributed by atoms with van der Waals surface area (Å²) < 4.78 is 0. The molecule has 1 atom stereocenters.